The molecule has 0 rings (SSSR count). The van der Waals surface area contributed by atoms with Crippen LogP contribution in [0.25, 0.3) is 0 Å². The summed E-state index contributed by atoms with van der Waals surface area (Å²) in [7, 11) is -0.197. The molecule has 0 radical (unpaired) electrons. The normalized spacial score (nSPS) is 16.1. The first kappa shape index (κ1) is 16.0. The summed E-state index contributed by atoms with van der Waals surface area (Å²) in [5, 5.41) is 18.7. The number of nitrogens with two attached hydrogens (primary N) is 1. The van der Waals surface area contributed by atoms with E-state index in [0.717, 1.165) is 0 Å². The standard InChI is InChI=1S/C9H23NO5Si/c1-14-16(13,15-2)5-3-4-8(11)6-9(12)7-10/h8-9,11-13H,3-7,10H2,1-2H3. The molecule has 7 heteroatoms. The van der Waals surface area contributed by atoms with E-state index in [-0.39, 0.29) is 13.0 Å². The highest BCUT2D eigenvalue weighted by Gasteiger charge is 2.33. The summed E-state index contributed by atoms with van der Waals surface area (Å²) in [5.41, 5.74) is 5.23. The van der Waals surface area contributed by atoms with Crippen molar-refractivity contribution in [1.29, 1.82) is 0 Å². The van der Waals surface area contributed by atoms with Crippen molar-refractivity contribution in [2.24, 2.45) is 5.73 Å². The Morgan fingerprint density at radius 1 is 1.19 bits per heavy atom. The van der Waals surface area contributed by atoms with Crippen LogP contribution in [0, 0.1) is 0 Å². The lowest BCUT2D eigenvalue weighted by atomic mass is 10.1. The van der Waals surface area contributed by atoms with Gasteiger partial charge >= 0.3 is 8.80 Å². The summed E-state index contributed by atoms with van der Waals surface area (Å²) in [6.07, 6.45) is 0.0553. The molecule has 0 saturated heterocycles. The topological polar surface area (TPSA) is 105 Å². The Hall–Kier alpha value is -0.0231. The molecular formula is C9H23NO5Si. The Kier molecular flexibility index (Phi) is 8.11. The molecule has 0 fully saturated rings. The van der Waals surface area contributed by atoms with Gasteiger partial charge in [-0.05, 0) is 12.8 Å². The van der Waals surface area contributed by atoms with Gasteiger partial charge in [0.2, 0.25) is 0 Å². The summed E-state index contributed by atoms with van der Waals surface area (Å²) >= 11 is 0. The SMILES string of the molecule is CO[Si](O)(CCCC(O)CC(O)CN)OC. The van der Waals surface area contributed by atoms with Crippen molar-refractivity contribution in [3.63, 3.8) is 0 Å². The zero-order valence-corrected chi connectivity index (χ0v) is 10.9. The maximum Gasteiger partial charge on any atom is 0.497 e. The smallest absolute Gasteiger partial charge is 0.393 e. The lowest BCUT2D eigenvalue weighted by Gasteiger charge is -2.20. The summed E-state index contributed by atoms with van der Waals surface area (Å²) in [5.74, 6) is 0. The first-order valence-electron chi connectivity index (χ1n) is 5.36. The van der Waals surface area contributed by atoms with Crippen LogP contribution in [0.1, 0.15) is 19.3 Å². The minimum atomic E-state index is -3.01. The fraction of sp³-hybridized carbons (Fsp3) is 1.00. The van der Waals surface area contributed by atoms with E-state index in [1.54, 1.807) is 0 Å². The fourth-order valence-corrected chi connectivity index (χ4v) is 2.60. The minimum absolute atomic E-state index is 0.145. The van der Waals surface area contributed by atoms with Crippen molar-refractivity contribution in [3.05, 3.63) is 0 Å². The molecule has 0 aliphatic carbocycles. The molecular weight excluding hydrogens is 230 g/mol. The molecule has 0 bridgehead atoms. The number of aliphatic hydroxyl groups excluding tert-OH is 2. The van der Waals surface area contributed by atoms with Gasteiger partial charge in [-0.25, -0.2) is 0 Å². The van der Waals surface area contributed by atoms with Crippen molar-refractivity contribution in [1.82, 2.24) is 0 Å². The van der Waals surface area contributed by atoms with Crippen LogP contribution >= 0.6 is 0 Å². The third-order valence-corrected chi connectivity index (χ3v) is 4.75. The van der Waals surface area contributed by atoms with Gasteiger partial charge in [0.25, 0.3) is 0 Å². The average molecular weight is 253 g/mol. The lowest BCUT2D eigenvalue weighted by molar-refractivity contribution is 0.0781. The van der Waals surface area contributed by atoms with Crippen LogP contribution in [0.4, 0.5) is 0 Å². The Morgan fingerprint density at radius 3 is 2.19 bits per heavy atom. The van der Waals surface area contributed by atoms with Gasteiger partial charge in [0.15, 0.2) is 0 Å². The highest BCUT2D eigenvalue weighted by Crippen LogP contribution is 2.15. The first-order valence-corrected chi connectivity index (χ1v) is 7.33. The van der Waals surface area contributed by atoms with E-state index in [1.165, 1.54) is 14.2 Å². The molecule has 98 valence electrons. The van der Waals surface area contributed by atoms with Crippen molar-refractivity contribution < 1.29 is 23.9 Å². The molecule has 0 heterocycles. The summed E-state index contributed by atoms with van der Waals surface area (Å²) in [6.45, 7) is 0.145. The fourth-order valence-electron chi connectivity index (χ4n) is 1.38. The highest BCUT2D eigenvalue weighted by atomic mass is 28.4. The average Bonchev–Trinajstić information content (AvgIpc) is 2.28. The predicted molar refractivity (Wildman–Crippen MR) is 61.7 cm³/mol. The molecule has 5 N–H and O–H groups in total. The largest absolute Gasteiger partial charge is 0.497 e. The molecule has 0 aliphatic rings. The summed E-state index contributed by atoms with van der Waals surface area (Å²) < 4.78 is 9.78. The van der Waals surface area contributed by atoms with Crippen molar-refractivity contribution in [2.75, 3.05) is 20.8 Å². The molecule has 0 aliphatic heterocycles. The van der Waals surface area contributed by atoms with Gasteiger partial charge < -0.3 is 29.6 Å². The van der Waals surface area contributed by atoms with E-state index in [4.69, 9.17) is 14.6 Å². The van der Waals surface area contributed by atoms with Gasteiger partial charge in [0.05, 0.1) is 12.2 Å². The summed E-state index contributed by atoms with van der Waals surface area (Å²) in [6, 6.07) is 0.399. The number of hydrogen-bond donors (Lipinski definition) is 4. The predicted octanol–water partition coefficient (Wildman–Crippen LogP) is -0.939. The molecule has 0 saturated carbocycles. The second kappa shape index (κ2) is 8.12. The first-order chi connectivity index (χ1) is 7.47. The monoisotopic (exact) mass is 253 g/mol. The molecule has 0 aromatic rings. The van der Waals surface area contributed by atoms with Crippen molar-refractivity contribution >= 4 is 8.80 Å². The third-order valence-electron chi connectivity index (χ3n) is 2.48. The van der Waals surface area contributed by atoms with Gasteiger partial charge in [-0.15, -0.1) is 0 Å². The van der Waals surface area contributed by atoms with E-state index in [2.05, 4.69) is 0 Å². The van der Waals surface area contributed by atoms with Crippen LogP contribution in [-0.2, 0) is 8.85 Å². The van der Waals surface area contributed by atoms with E-state index in [1.807, 2.05) is 0 Å². The zero-order valence-electron chi connectivity index (χ0n) is 9.93. The molecule has 0 aromatic heterocycles. The molecule has 16 heavy (non-hydrogen) atoms. The lowest BCUT2D eigenvalue weighted by Crippen LogP contribution is -2.40. The highest BCUT2D eigenvalue weighted by molar-refractivity contribution is 6.59. The van der Waals surface area contributed by atoms with Gasteiger partial charge in [0, 0.05) is 33.2 Å². The number of aliphatic hydroxyl groups is 2. The summed E-state index contributed by atoms with van der Waals surface area (Å²) in [4.78, 5) is 9.71. The zero-order chi connectivity index (χ0) is 12.6. The van der Waals surface area contributed by atoms with Crippen LogP contribution in [0.3, 0.4) is 0 Å². The molecule has 6 nitrogen and oxygen atoms in total. The molecule has 0 aromatic carbocycles. The quantitative estimate of drug-likeness (QED) is 0.395. The molecule has 2 unspecified atom stereocenters. The van der Waals surface area contributed by atoms with E-state index in [0.29, 0.717) is 18.9 Å². The van der Waals surface area contributed by atoms with Crippen molar-refractivity contribution in [2.45, 2.75) is 37.5 Å². The van der Waals surface area contributed by atoms with Crippen LogP contribution in [0.2, 0.25) is 6.04 Å². The second-order valence-corrected chi connectivity index (χ2v) is 6.53. The van der Waals surface area contributed by atoms with E-state index < -0.39 is 21.0 Å². The van der Waals surface area contributed by atoms with Crippen LogP contribution in [0.15, 0.2) is 0 Å². The Morgan fingerprint density at radius 2 is 1.75 bits per heavy atom. The molecule has 0 amide bonds. The molecule has 0 spiro atoms. The van der Waals surface area contributed by atoms with Gasteiger partial charge in [-0.3, -0.25) is 0 Å². The molecule has 2 atom stereocenters. The van der Waals surface area contributed by atoms with E-state index >= 15 is 0 Å². The maximum absolute atomic E-state index is 9.71. The van der Waals surface area contributed by atoms with Crippen LogP contribution in [-0.4, -0.2) is 56.8 Å². The van der Waals surface area contributed by atoms with Gasteiger partial charge in [-0.2, -0.15) is 0 Å². The van der Waals surface area contributed by atoms with Crippen molar-refractivity contribution in [3.8, 4) is 0 Å². The number of hydrogen-bond acceptors (Lipinski definition) is 6. The van der Waals surface area contributed by atoms with E-state index in [9.17, 15) is 15.0 Å². The second-order valence-electron chi connectivity index (χ2n) is 3.79. The Labute approximate surface area is 97.4 Å². The number of rotatable bonds is 9. The Balaban J connectivity index is 3.72. The van der Waals surface area contributed by atoms with Crippen LogP contribution in [0.5, 0.6) is 0 Å². The van der Waals surface area contributed by atoms with Crippen LogP contribution < -0.4 is 5.73 Å². The maximum atomic E-state index is 9.71. The van der Waals surface area contributed by atoms with Gasteiger partial charge in [0.1, 0.15) is 0 Å². The van der Waals surface area contributed by atoms with Gasteiger partial charge in [-0.1, -0.05) is 0 Å². The minimum Gasteiger partial charge on any atom is -0.393 e. The third kappa shape index (κ3) is 6.54. The Bertz CT molecular complexity index is 179.